The normalized spacial score (nSPS) is 17.9. The smallest absolute Gasteiger partial charge is 0.209 e. The highest BCUT2D eigenvalue weighted by Gasteiger charge is 2.35. The molecule has 0 atom stereocenters. The van der Waals surface area contributed by atoms with Crippen LogP contribution < -0.4 is 15.4 Å². The summed E-state index contributed by atoms with van der Waals surface area (Å²) in [4.78, 5) is 4.29. The van der Waals surface area contributed by atoms with Crippen molar-refractivity contribution in [1.82, 2.24) is 15.4 Å². The fourth-order valence-electron chi connectivity index (χ4n) is 3.73. The minimum Gasteiger partial charge on any atom is -0.356 e. The van der Waals surface area contributed by atoms with Crippen molar-refractivity contribution in [3.05, 3.63) is 35.9 Å². The molecule has 0 radical (unpaired) electrons. The van der Waals surface area contributed by atoms with Crippen LogP contribution in [0.2, 0.25) is 0 Å². The molecule has 1 saturated carbocycles. The minimum atomic E-state index is -3.26. The van der Waals surface area contributed by atoms with Crippen LogP contribution in [0.1, 0.15) is 45.1 Å². The number of hydrogen-bond donors (Lipinski definition) is 3. The van der Waals surface area contributed by atoms with Crippen LogP contribution in [0.4, 0.5) is 0 Å². The fourth-order valence-corrected chi connectivity index (χ4v) is 4.80. The lowest BCUT2D eigenvalue weighted by molar-refractivity contribution is 0.424. The molecule has 6 nitrogen and oxygen atoms in total. The number of benzene rings is 1. The Morgan fingerprint density at radius 1 is 1.15 bits per heavy atom. The summed E-state index contributed by atoms with van der Waals surface area (Å²) in [6, 6.07) is 10.7. The summed E-state index contributed by atoms with van der Waals surface area (Å²) >= 11 is 0. The Balaban J connectivity index is 1.97. The maximum absolute atomic E-state index is 11.5. The van der Waals surface area contributed by atoms with Crippen LogP contribution >= 0.6 is 0 Å². The molecule has 1 aromatic rings. The van der Waals surface area contributed by atoms with Crippen molar-refractivity contribution < 1.29 is 8.42 Å². The Labute approximate surface area is 157 Å². The quantitative estimate of drug-likeness (QED) is 0.499. The van der Waals surface area contributed by atoms with Gasteiger partial charge in [-0.15, -0.1) is 0 Å². The van der Waals surface area contributed by atoms with Crippen molar-refractivity contribution >= 4 is 16.0 Å². The molecule has 2 rings (SSSR count). The van der Waals surface area contributed by atoms with Crippen LogP contribution in [0.15, 0.2) is 35.3 Å². The molecule has 1 fully saturated rings. The van der Waals surface area contributed by atoms with Gasteiger partial charge in [0.15, 0.2) is 5.96 Å². The number of guanidine groups is 1. The summed E-state index contributed by atoms with van der Waals surface area (Å²) < 4.78 is 25.6. The molecule has 146 valence electrons. The number of hydrogen-bond acceptors (Lipinski definition) is 3. The van der Waals surface area contributed by atoms with Gasteiger partial charge in [0.05, 0.1) is 6.26 Å². The second kappa shape index (κ2) is 8.39. The van der Waals surface area contributed by atoms with Crippen LogP contribution in [0, 0.1) is 0 Å². The van der Waals surface area contributed by atoms with Crippen molar-refractivity contribution in [2.45, 2.75) is 50.5 Å². The van der Waals surface area contributed by atoms with Crippen molar-refractivity contribution in [1.29, 1.82) is 0 Å². The second-order valence-electron chi connectivity index (χ2n) is 7.89. The molecule has 0 amide bonds. The Bertz CT molecular complexity index is 708. The lowest BCUT2D eigenvalue weighted by atomic mass is 9.79. The molecule has 0 unspecified atom stereocenters. The van der Waals surface area contributed by atoms with E-state index in [-0.39, 0.29) is 5.41 Å². The van der Waals surface area contributed by atoms with Gasteiger partial charge in [0.25, 0.3) is 0 Å². The summed E-state index contributed by atoms with van der Waals surface area (Å²) in [5.74, 6) is 0.690. The number of rotatable bonds is 7. The van der Waals surface area contributed by atoms with E-state index in [0.29, 0.717) is 12.5 Å². The molecule has 0 aliphatic heterocycles. The fraction of sp³-hybridized carbons (Fsp3) is 0.632. The third-order valence-corrected chi connectivity index (χ3v) is 5.85. The maximum atomic E-state index is 11.5. The molecule has 1 aliphatic rings. The van der Waals surface area contributed by atoms with Gasteiger partial charge in [0, 0.05) is 31.1 Å². The Hall–Kier alpha value is -1.60. The predicted molar refractivity (Wildman–Crippen MR) is 108 cm³/mol. The van der Waals surface area contributed by atoms with Crippen LogP contribution in [0.5, 0.6) is 0 Å². The highest BCUT2D eigenvalue weighted by atomic mass is 32.2. The van der Waals surface area contributed by atoms with Crippen LogP contribution in [-0.2, 0) is 15.4 Å². The van der Waals surface area contributed by atoms with E-state index in [1.165, 1.54) is 37.5 Å². The first kappa shape index (κ1) is 20.7. The lowest BCUT2D eigenvalue weighted by Gasteiger charge is -2.32. The highest BCUT2D eigenvalue weighted by molar-refractivity contribution is 7.88. The zero-order chi connectivity index (χ0) is 19.3. The molecule has 0 spiro atoms. The SMILES string of the molecule is CN=C(NCC(C)(C)NS(C)(=O)=O)NCC1(c2ccccc2)CCCC1. The Kier molecular flexibility index (Phi) is 6.69. The highest BCUT2D eigenvalue weighted by Crippen LogP contribution is 2.40. The van der Waals surface area contributed by atoms with E-state index in [2.05, 4.69) is 50.7 Å². The zero-order valence-corrected chi connectivity index (χ0v) is 17.1. The van der Waals surface area contributed by atoms with E-state index >= 15 is 0 Å². The number of nitrogens with one attached hydrogen (secondary N) is 3. The number of aliphatic imine (C=N–C) groups is 1. The topological polar surface area (TPSA) is 82.6 Å². The molecule has 1 aliphatic carbocycles. The molecular formula is C19H32N4O2S. The van der Waals surface area contributed by atoms with Crippen LogP contribution in [0.3, 0.4) is 0 Å². The van der Waals surface area contributed by atoms with Gasteiger partial charge in [-0.3, -0.25) is 4.99 Å². The Morgan fingerprint density at radius 3 is 2.31 bits per heavy atom. The third kappa shape index (κ3) is 5.99. The monoisotopic (exact) mass is 380 g/mol. The largest absolute Gasteiger partial charge is 0.356 e. The molecule has 7 heteroatoms. The molecule has 3 N–H and O–H groups in total. The average Bonchev–Trinajstić information content (AvgIpc) is 3.04. The van der Waals surface area contributed by atoms with Gasteiger partial charge < -0.3 is 10.6 Å². The molecule has 26 heavy (non-hydrogen) atoms. The van der Waals surface area contributed by atoms with Crippen molar-refractivity contribution in [2.75, 3.05) is 26.4 Å². The van der Waals surface area contributed by atoms with E-state index in [9.17, 15) is 8.42 Å². The van der Waals surface area contributed by atoms with E-state index in [4.69, 9.17) is 0 Å². The van der Waals surface area contributed by atoms with Crippen molar-refractivity contribution in [2.24, 2.45) is 4.99 Å². The van der Waals surface area contributed by atoms with E-state index in [1.54, 1.807) is 7.05 Å². The molecular weight excluding hydrogens is 348 g/mol. The zero-order valence-electron chi connectivity index (χ0n) is 16.3. The van der Waals surface area contributed by atoms with Crippen molar-refractivity contribution in [3.8, 4) is 0 Å². The van der Waals surface area contributed by atoms with Gasteiger partial charge in [-0.2, -0.15) is 0 Å². The molecule has 0 saturated heterocycles. The maximum Gasteiger partial charge on any atom is 0.209 e. The Morgan fingerprint density at radius 2 is 1.77 bits per heavy atom. The summed E-state index contributed by atoms with van der Waals surface area (Å²) in [6.45, 7) is 4.95. The molecule has 1 aromatic carbocycles. The second-order valence-corrected chi connectivity index (χ2v) is 9.64. The predicted octanol–water partition coefficient (Wildman–Crippen LogP) is 1.99. The molecule has 0 bridgehead atoms. The van der Waals surface area contributed by atoms with Gasteiger partial charge in [0.2, 0.25) is 10.0 Å². The summed E-state index contributed by atoms with van der Waals surface area (Å²) in [5, 5.41) is 6.68. The van der Waals surface area contributed by atoms with Gasteiger partial charge >= 0.3 is 0 Å². The first-order valence-corrected chi connectivity index (χ1v) is 11.0. The summed E-state index contributed by atoms with van der Waals surface area (Å²) in [5.41, 5.74) is 0.911. The van der Waals surface area contributed by atoms with Gasteiger partial charge in [0.1, 0.15) is 0 Å². The third-order valence-electron chi connectivity index (χ3n) is 4.92. The molecule has 0 aromatic heterocycles. The van der Waals surface area contributed by atoms with E-state index in [0.717, 1.165) is 6.54 Å². The van der Waals surface area contributed by atoms with Crippen LogP contribution in [0.25, 0.3) is 0 Å². The standard InChI is InChI=1S/C19H32N4O2S/c1-18(2,23-26(4,24)25)14-21-17(20-3)22-15-19(12-8-9-13-19)16-10-6-5-7-11-16/h5-7,10-11,23H,8-9,12-15H2,1-4H3,(H2,20,21,22). The first-order valence-electron chi connectivity index (χ1n) is 9.15. The summed E-state index contributed by atoms with van der Waals surface area (Å²) in [7, 11) is -1.53. The van der Waals surface area contributed by atoms with Gasteiger partial charge in [-0.05, 0) is 32.3 Å². The van der Waals surface area contributed by atoms with Crippen molar-refractivity contribution in [3.63, 3.8) is 0 Å². The van der Waals surface area contributed by atoms with Gasteiger partial charge in [-0.1, -0.05) is 43.2 Å². The number of nitrogens with zero attached hydrogens (tertiary/aromatic N) is 1. The van der Waals surface area contributed by atoms with E-state index < -0.39 is 15.6 Å². The average molecular weight is 381 g/mol. The van der Waals surface area contributed by atoms with Crippen LogP contribution in [-0.4, -0.2) is 46.3 Å². The summed E-state index contributed by atoms with van der Waals surface area (Å²) in [6.07, 6.45) is 6.00. The minimum absolute atomic E-state index is 0.138. The number of sulfonamides is 1. The first-order chi connectivity index (χ1) is 12.2. The van der Waals surface area contributed by atoms with Gasteiger partial charge in [-0.25, -0.2) is 13.1 Å². The lowest BCUT2D eigenvalue weighted by Crippen LogP contribution is -2.54. The van der Waals surface area contributed by atoms with E-state index in [1.807, 2.05) is 13.8 Å². The molecule has 0 heterocycles.